The molecule has 17 heavy (non-hydrogen) atoms. The summed E-state index contributed by atoms with van der Waals surface area (Å²) in [6, 6.07) is 7.47. The number of hydrogen-bond donors (Lipinski definition) is 2. The van der Waals surface area contributed by atoms with Crippen LogP contribution in [0.1, 0.15) is 22.3 Å². The predicted molar refractivity (Wildman–Crippen MR) is 68.0 cm³/mol. The Bertz CT molecular complexity index is 360. The third kappa shape index (κ3) is 4.54. The summed E-state index contributed by atoms with van der Waals surface area (Å²) in [6.45, 7) is 2.97. The molecule has 0 aliphatic carbocycles. The molecular weight excluding hydrogens is 216 g/mol. The largest absolute Gasteiger partial charge is 0.383 e. The van der Waals surface area contributed by atoms with Gasteiger partial charge in [-0.05, 0) is 32.0 Å². The zero-order valence-electron chi connectivity index (χ0n) is 10.4. The fourth-order valence-electron chi connectivity index (χ4n) is 1.65. The molecule has 3 N–H and O–H groups in total. The first kappa shape index (κ1) is 13.7. The Labute approximate surface area is 102 Å². The highest BCUT2D eigenvalue weighted by molar-refractivity contribution is 5.94. The Balaban J connectivity index is 2.63. The van der Waals surface area contributed by atoms with Gasteiger partial charge in [-0.3, -0.25) is 4.79 Å². The van der Waals surface area contributed by atoms with Gasteiger partial charge >= 0.3 is 0 Å². The number of ether oxygens (including phenoxy) is 1. The van der Waals surface area contributed by atoms with E-state index in [9.17, 15) is 4.79 Å². The zero-order chi connectivity index (χ0) is 12.7. The summed E-state index contributed by atoms with van der Waals surface area (Å²) in [5, 5.41) is 2.92. The summed E-state index contributed by atoms with van der Waals surface area (Å²) in [7, 11) is 1.61. The summed E-state index contributed by atoms with van der Waals surface area (Å²) in [6.07, 6.45) is 0.714. The highest BCUT2D eigenvalue weighted by Crippen LogP contribution is 2.04. The molecule has 0 spiro atoms. The standard InChI is InChI=1S/C13H20N2O2/c1-10-4-3-5-11(8-10)13(16)15-12(6-7-14)9-17-2/h3-5,8,12H,6-7,9,14H2,1-2H3,(H,15,16). The minimum atomic E-state index is -0.0794. The van der Waals surface area contributed by atoms with Gasteiger partial charge in [-0.2, -0.15) is 0 Å². The molecule has 0 aromatic heterocycles. The molecule has 94 valence electrons. The van der Waals surface area contributed by atoms with Gasteiger partial charge in [-0.25, -0.2) is 0 Å². The lowest BCUT2D eigenvalue weighted by Gasteiger charge is -2.17. The molecule has 0 aliphatic heterocycles. The summed E-state index contributed by atoms with van der Waals surface area (Å²) in [5.41, 5.74) is 7.23. The van der Waals surface area contributed by atoms with E-state index in [1.807, 2.05) is 25.1 Å². The number of nitrogens with one attached hydrogen (secondary N) is 1. The number of amides is 1. The first-order valence-electron chi connectivity index (χ1n) is 5.74. The highest BCUT2D eigenvalue weighted by Gasteiger charge is 2.12. The van der Waals surface area contributed by atoms with Crippen LogP contribution in [0.3, 0.4) is 0 Å². The number of nitrogens with two attached hydrogens (primary N) is 1. The average molecular weight is 236 g/mol. The molecule has 0 radical (unpaired) electrons. The molecule has 0 heterocycles. The van der Waals surface area contributed by atoms with Crippen molar-refractivity contribution in [1.82, 2.24) is 5.32 Å². The van der Waals surface area contributed by atoms with E-state index in [2.05, 4.69) is 5.32 Å². The van der Waals surface area contributed by atoms with Crippen LogP contribution >= 0.6 is 0 Å². The molecule has 1 unspecified atom stereocenters. The van der Waals surface area contributed by atoms with E-state index < -0.39 is 0 Å². The SMILES string of the molecule is COCC(CCN)NC(=O)c1cccc(C)c1. The van der Waals surface area contributed by atoms with Crippen LogP contribution in [0.2, 0.25) is 0 Å². The van der Waals surface area contributed by atoms with Crippen LogP contribution in [-0.4, -0.2) is 32.2 Å². The summed E-state index contributed by atoms with van der Waals surface area (Å²) in [4.78, 5) is 11.9. The van der Waals surface area contributed by atoms with Gasteiger partial charge in [0.15, 0.2) is 0 Å². The van der Waals surface area contributed by atoms with Crippen LogP contribution in [0.4, 0.5) is 0 Å². The van der Waals surface area contributed by atoms with Crippen LogP contribution in [0.15, 0.2) is 24.3 Å². The van der Waals surface area contributed by atoms with Crippen molar-refractivity contribution < 1.29 is 9.53 Å². The van der Waals surface area contributed by atoms with Crippen molar-refractivity contribution in [2.45, 2.75) is 19.4 Å². The van der Waals surface area contributed by atoms with E-state index in [1.165, 1.54) is 0 Å². The fourth-order valence-corrected chi connectivity index (χ4v) is 1.65. The first-order valence-corrected chi connectivity index (χ1v) is 5.74. The number of rotatable bonds is 6. The molecule has 0 fully saturated rings. The Kier molecular flexibility index (Phi) is 5.66. The van der Waals surface area contributed by atoms with Crippen LogP contribution in [0.25, 0.3) is 0 Å². The lowest BCUT2D eigenvalue weighted by Crippen LogP contribution is -2.39. The quantitative estimate of drug-likeness (QED) is 0.777. The zero-order valence-corrected chi connectivity index (χ0v) is 10.4. The van der Waals surface area contributed by atoms with E-state index in [1.54, 1.807) is 13.2 Å². The van der Waals surface area contributed by atoms with Gasteiger partial charge in [0, 0.05) is 12.7 Å². The normalized spacial score (nSPS) is 12.2. The molecule has 1 rings (SSSR count). The van der Waals surface area contributed by atoms with Crippen molar-refractivity contribution in [2.24, 2.45) is 5.73 Å². The van der Waals surface area contributed by atoms with Crippen molar-refractivity contribution in [3.63, 3.8) is 0 Å². The Morgan fingerprint density at radius 3 is 2.88 bits per heavy atom. The van der Waals surface area contributed by atoms with Gasteiger partial charge in [-0.1, -0.05) is 17.7 Å². The van der Waals surface area contributed by atoms with E-state index >= 15 is 0 Å². The van der Waals surface area contributed by atoms with Crippen LogP contribution in [0.5, 0.6) is 0 Å². The minimum absolute atomic E-state index is 0.0296. The molecular formula is C13H20N2O2. The van der Waals surface area contributed by atoms with E-state index in [0.717, 1.165) is 5.56 Å². The van der Waals surface area contributed by atoms with Crippen molar-refractivity contribution >= 4 is 5.91 Å². The van der Waals surface area contributed by atoms with Gasteiger partial charge in [0.25, 0.3) is 5.91 Å². The molecule has 1 aromatic carbocycles. The molecule has 0 saturated carbocycles. The molecule has 1 atom stereocenters. The monoisotopic (exact) mass is 236 g/mol. The van der Waals surface area contributed by atoms with Crippen molar-refractivity contribution in [3.05, 3.63) is 35.4 Å². The summed E-state index contributed by atoms with van der Waals surface area (Å²) >= 11 is 0. The second-order valence-corrected chi connectivity index (χ2v) is 4.07. The molecule has 1 amide bonds. The number of hydrogen-bond acceptors (Lipinski definition) is 3. The van der Waals surface area contributed by atoms with Crippen LogP contribution < -0.4 is 11.1 Å². The maximum absolute atomic E-state index is 11.9. The lowest BCUT2D eigenvalue weighted by molar-refractivity contribution is 0.0893. The maximum atomic E-state index is 11.9. The topological polar surface area (TPSA) is 64.3 Å². The van der Waals surface area contributed by atoms with E-state index in [-0.39, 0.29) is 11.9 Å². The van der Waals surface area contributed by atoms with Gasteiger partial charge < -0.3 is 15.8 Å². The lowest BCUT2D eigenvalue weighted by atomic mass is 10.1. The smallest absolute Gasteiger partial charge is 0.251 e. The Morgan fingerprint density at radius 2 is 2.29 bits per heavy atom. The maximum Gasteiger partial charge on any atom is 0.251 e. The predicted octanol–water partition coefficient (Wildman–Crippen LogP) is 1.09. The fraction of sp³-hybridized carbons (Fsp3) is 0.462. The number of benzene rings is 1. The van der Waals surface area contributed by atoms with Gasteiger partial charge in [0.2, 0.25) is 0 Å². The van der Waals surface area contributed by atoms with Crippen molar-refractivity contribution in [3.8, 4) is 0 Å². The number of carbonyl (C=O) groups excluding carboxylic acids is 1. The van der Waals surface area contributed by atoms with Crippen LogP contribution in [0, 0.1) is 6.92 Å². The number of methoxy groups -OCH3 is 1. The molecule has 4 nitrogen and oxygen atoms in total. The van der Waals surface area contributed by atoms with Crippen molar-refractivity contribution in [1.29, 1.82) is 0 Å². The third-order valence-electron chi connectivity index (χ3n) is 2.50. The second kappa shape index (κ2) is 7.04. The summed E-state index contributed by atoms with van der Waals surface area (Å²) < 4.78 is 5.05. The van der Waals surface area contributed by atoms with Gasteiger partial charge in [0.05, 0.1) is 12.6 Å². The number of carbonyl (C=O) groups is 1. The average Bonchev–Trinajstić information content (AvgIpc) is 2.29. The highest BCUT2D eigenvalue weighted by atomic mass is 16.5. The van der Waals surface area contributed by atoms with Crippen LogP contribution in [-0.2, 0) is 4.74 Å². The summed E-state index contributed by atoms with van der Waals surface area (Å²) in [5.74, 6) is -0.0794. The molecule has 1 aromatic rings. The molecule has 0 saturated heterocycles. The number of aryl methyl sites for hydroxylation is 1. The minimum Gasteiger partial charge on any atom is -0.383 e. The first-order chi connectivity index (χ1) is 8.17. The van der Waals surface area contributed by atoms with Gasteiger partial charge in [-0.15, -0.1) is 0 Å². The Morgan fingerprint density at radius 1 is 1.53 bits per heavy atom. The second-order valence-electron chi connectivity index (χ2n) is 4.07. The van der Waals surface area contributed by atoms with E-state index in [4.69, 9.17) is 10.5 Å². The van der Waals surface area contributed by atoms with E-state index in [0.29, 0.717) is 25.1 Å². The van der Waals surface area contributed by atoms with Crippen molar-refractivity contribution in [2.75, 3.05) is 20.3 Å². The molecule has 0 aliphatic rings. The molecule has 4 heteroatoms. The molecule has 0 bridgehead atoms. The third-order valence-corrected chi connectivity index (χ3v) is 2.50. The Hall–Kier alpha value is -1.39. The van der Waals surface area contributed by atoms with Gasteiger partial charge in [0.1, 0.15) is 0 Å².